The number of halogens is 1. The summed E-state index contributed by atoms with van der Waals surface area (Å²) in [6.07, 6.45) is 0.666. The first kappa shape index (κ1) is 15.3. The number of primary amides is 1. The molecule has 1 rings (SSSR count). The van der Waals surface area contributed by atoms with Crippen LogP contribution in [0.2, 0.25) is 5.02 Å². The van der Waals surface area contributed by atoms with Crippen LogP contribution in [0.1, 0.15) is 5.56 Å². The number of aliphatic hydroxyl groups excluding tert-OH is 2. The van der Waals surface area contributed by atoms with Gasteiger partial charge in [0.2, 0.25) is 5.78 Å². The smallest absolute Gasteiger partial charge is 0.263 e. The fourth-order valence-corrected chi connectivity index (χ4v) is 1.37. The van der Waals surface area contributed by atoms with E-state index in [0.717, 1.165) is 0 Å². The molecule has 0 aromatic heterocycles. The van der Waals surface area contributed by atoms with E-state index >= 15 is 0 Å². The number of hydrogen-bond donors (Lipinski definition) is 3. The van der Waals surface area contributed by atoms with Crippen LogP contribution in [0.25, 0.3) is 5.76 Å². The van der Waals surface area contributed by atoms with Crippen LogP contribution in [0, 0.1) is 11.3 Å². The Hall–Kier alpha value is -2.78. The molecule has 0 bridgehead atoms. The number of benzene rings is 1. The van der Waals surface area contributed by atoms with Crippen molar-refractivity contribution in [2.75, 3.05) is 0 Å². The zero-order valence-corrected chi connectivity index (χ0v) is 10.8. The normalized spacial score (nSPS) is 12.3. The second-order valence-corrected chi connectivity index (χ2v) is 4.04. The third kappa shape index (κ3) is 3.60. The van der Waals surface area contributed by atoms with Crippen LogP contribution in [0.4, 0.5) is 0 Å². The summed E-state index contributed by atoms with van der Waals surface area (Å²) < 4.78 is 0. The highest BCUT2D eigenvalue weighted by Crippen LogP contribution is 2.16. The molecule has 0 aliphatic carbocycles. The van der Waals surface area contributed by atoms with Gasteiger partial charge in [0.15, 0.2) is 11.3 Å². The molecule has 0 aliphatic rings. The third-order valence-corrected chi connectivity index (χ3v) is 2.49. The van der Waals surface area contributed by atoms with Crippen LogP contribution in [0.5, 0.6) is 0 Å². The maximum absolute atomic E-state index is 11.6. The molecule has 102 valence electrons. The SMILES string of the molecule is N#C/C(C(N)=O)=C(/O)C(=O)/C=C(\O)c1ccc(Cl)cc1. The molecule has 0 aliphatic heterocycles. The monoisotopic (exact) mass is 292 g/mol. The average molecular weight is 293 g/mol. The van der Waals surface area contributed by atoms with E-state index in [1.54, 1.807) is 0 Å². The molecular formula is C13H9ClN2O4. The molecule has 6 nitrogen and oxygen atoms in total. The molecule has 1 amide bonds. The van der Waals surface area contributed by atoms with Crippen LogP contribution >= 0.6 is 11.6 Å². The fraction of sp³-hybridized carbons (Fsp3) is 0. The maximum atomic E-state index is 11.6. The quantitative estimate of drug-likeness (QED) is 0.442. The summed E-state index contributed by atoms with van der Waals surface area (Å²) in [4.78, 5) is 22.4. The number of nitrogens with zero attached hydrogens (tertiary/aromatic N) is 1. The van der Waals surface area contributed by atoms with Gasteiger partial charge in [0.05, 0.1) is 0 Å². The first-order valence-corrected chi connectivity index (χ1v) is 5.58. The van der Waals surface area contributed by atoms with Crippen molar-refractivity contribution in [2.24, 2.45) is 5.73 Å². The predicted molar refractivity (Wildman–Crippen MR) is 71.5 cm³/mol. The minimum absolute atomic E-state index is 0.271. The van der Waals surface area contributed by atoms with Gasteiger partial charge in [-0.05, 0) is 24.3 Å². The Labute approximate surface area is 119 Å². The van der Waals surface area contributed by atoms with E-state index in [2.05, 4.69) is 0 Å². The van der Waals surface area contributed by atoms with Crippen molar-refractivity contribution in [2.45, 2.75) is 0 Å². The first-order chi connectivity index (χ1) is 9.36. The summed E-state index contributed by atoms with van der Waals surface area (Å²) in [5.74, 6) is -3.94. The molecule has 0 saturated carbocycles. The molecule has 1 aromatic rings. The second kappa shape index (κ2) is 6.41. The Morgan fingerprint density at radius 1 is 1.25 bits per heavy atom. The third-order valence-electron chi connectivity index (χ3n) is 2.24. The minimum atomic E-state index is -1.24. The van der Waals surface area contributed by atoms with E-state index < -0.39 is 28.8 Å². The van der Waals surface area contributed by atoms with Crippen LogP contribution in [0.3, 0.4) is 0 Å². The average Bonchev–Trinajstić information content (AvgIpc) is 2.39. The van der Waals surface area contributed by atoms with Crippen LogP contribution in [-0.4, -0.2) is 21.9 Å². The van der Waals surface area contributed by atoms with Gasteiger partial charge < -0.3 is 15.9 Å². The van der Waals surface area contributed by atoms with Crippen molar-refractivity contribution in [3.8, 4) is 6.07 Å². The van der Waals surface area contributed by atoms with Gasteiger partial charge in [0, 0.05) is 16.7 Å². The van der Waals surface area contributed by atoms with Crippen molar-refractivity contribution >= 4 is 29.1 Å². The predicted octanol–water partition coefficient (Wildman–Crippen LogP) is 1.63. The summed E-state index contributed by atoms with van der Waals surface area (Å²) in [5.41, 5.74) is 4.21. The number of amides is 1. The van der Waals surface area contributed by atoms with Crippen molar-refractivity contribution in [1.82, 2.24) is 0 Å². The Morgan fingerprint density at radius 3 is 2.25 bits per heavy atom. The van der Waals surface area contributed by atoms with E-state index in [-0.39, 0.29) is 5.56 Å². The standard InChI is InChI=1S/C13H9ClN2O4/c14-8-3-1-7(2-4-8)10(17)5-11(18)12(19)9(6-15)13(16)20/h1-5,17,19H,(H2,16,20)/b10-5-,12-9-. The lowest BCUT2D eigenvalue weighted by atomic mass is 10.1. The Morgan fingerprint density at radius 2 is 1.80 bits per heavy atom. The number of nitriles is 1. The van der Waals surface area contributed by atoms with Gasteiger partial charge in [-0.3, -0.25) is 9.59 Å². The van der Waals surface area contributed by atoms with Gasteiger partial charge >= 0.3 is 0 Å². The summed E-state index contributed by atoms with van der Waals surface area (Å²) >= 11 is 5.66. The number of nitrogens with two attached hydrogens (primary N) is 1. The van der Waals surface area contributed by atoms with E-state index in [1.165, 1.54) is 30.3 Å². The Bertz CT molecular complexity index is 654. The molecule has 0 saturated heterocycles. The summed E-state index contributed by atoms with van der Waals surface area (Å²) in [6, 6.07) is 7.18. The number of rotatable bonds is 4. The number of aliphatic hydroxyl groups is 2. The summed E-state index contributed by atoms with van der Waals surface area (Å²) in [7, 11) is 0. The number of hydrogen-bond acceptors (Lipinski definition) is 5. The van der Waals surface area contributed by atoms with Crippen molar-refractivity contribution in [3.63, 3.8) is 0 Å². The second-order valence-electron chi connectivity index (χ2n) is 3.60. The van der Waals surface area contributed by atoms with Gasteiger partial charge in [-0.25, -0.2) is 0 Å². The van der Waals surface area contributed by atoms with Crippen LogP contribution in [-0.2, 0) is 9.59 Å². The molecule has 0 heterocycles. The largest absolute Gasteiger partial charge is 0.507 e. The number of allylic oxidation sites excluding steroid dienone is 1. The lowest BCUT2D eigenvalue weighted by Gasteiger charge is -2.01. The van der Waals surface area contributed by atoms with Gasteiger partial charge in [0.25, 0.3) is 5.91 Å². The minimum Gasteiger partial charge on any atom is -0.507 e. The zero-order valence-electron chi connectivity index (χ0n) is 10.0. The molecule has 0 spiro atoms. The van der Waals surface area contributed by atoms with E-state index in [9.17, 15) is 19.8 Å². The highest BCUT2D eigenvalue weighted by Gasteiger charge is 2.17. The van der Waals surface area contributed by atoms with E-state index in [0.29, 0.717) is 11.1 Å². The lowest BCUT2D eigenvalue weighted by Crippen LogP contribution is -2.17. The highest BCUT2D eigenvalue weighted by molar-refractivity contribution is 6.30. The summed E-state index contributed by atoms with van der Waals surface area (Å²) in [6.45, 7) is 0. The van der Waals surface area contributed by atoms with Gasteiger partial charge in [-0.2, -0.15) is 5.26 Å². The maximum Gasteiger partial charge on any atom is 0.263 e. The molecule has 0 fully saturated rings. The molecule has 0 unspecified atom stereocenters. The van der Waals surface area contributed by atoms with E-state index in [1.807, 2.05) is 0 Å². The van der Waals surface area contributed by atoms with Gasteiger partial charge in [-0.1, -0.05) is 11.6 Å². The molecule has 1 aromatic carbocycles. The molecule has 4 N–H and O–H groups in total. The van der Waals surface area contributed by atoms with Crippen molar-refractivity contribution < 1.29 is 19.8 Å². The number of carbonyl (C=O) groups is 2. The molecule has 0 atom stereocenters. The van der Waals surface area contributed by atoms with E-state index in [4.69, 9.17) is 22.6 Å². The van der Waals surface area contributed by atoms with Crippen LogP contribution < -0.4 is 5.73 Å². The molecule has 20 heavy (non-hydrogen) atoms. The van der Waals surface area contributed by atoms with Crippen LogP contribution in [0.15, 0.2) is 41.7 Å². The Kier molecular flexibility index (Phi) is 4.89. The zero-order chi connectivity index (χ0) is 15.3. The highest BCUT2D eigenvalue weighted by atomic mass is 35.5. The Balaban J connectivity index is 3.11. The van der Waals surface area contributed by atoms with Gasteiger partial charge in [0.1, 0.15) is 11.8 Å². The fourth-order valence-electron chi connectivity index (χ4n) is 1.24. The molecule has 7 heteroatoms. The number of carbonyl (C=O) groups excluding carboxylic acids is 2. The van der Waals surface area contributed by atoms with Crippen molar-refractivity contribution in [1.29, 1.82) is 5.26 Å². The number of ketones is 1. The van der Waals surface area contributed by atoms with Gasteiger partial charge in [-0.15, -0.1) is 0 Å². The topological polar surface area (TPSA) is 124 Å². The molecule has 0 radical (unpaired) electrons. The summed E-state index contributed by atoms with van der Waals surface area (Å²) in [5, 5.41) is 28.1. The lowest BCUT2D eigenvalue weighted by molar-refractivity contribution is -0.116. The van der Waals surface area contributed by atoms with Crippen molar-refractivity contribution in [3.05, 3.63) is 52.3 Å². The molecular weight excluding hydrogens is 284 g/mol. The first-order valence-electron chi connectivity index (χ1n) is 5.21.